The summed E-state index contributed by atoms with van der Waals surface area (Å²) in [5.74, 6) is 0.794. The van der Waals surface area contributed by atoms with E-state index in [1.54, 1.807) is 0 Å². The van der Waals surface area contributed by atoms with Gasteiger partial charge in [0.25, 0.3) is 0 Å². The molecule has 1 amide bonds. The SMILES string of the molecule is CCC1CCCCC1NCCN(C(=O)OC(C)(C)C)C(C)C. The highest BCUT2D eigenvalue weighted by Gasteiger charge is 2.26. The quantitative estimate of drug-likeness (QED) is 0.799. The van der Waals surface area contributed by atoms with Gasteiger partial charge < -0.3 is 15.0 Å². The minimum Gasteiger partial charge on any atom is -0.444 e. The van der Waals surface area contributed by atoms with Crippen LogP contribution >= 0.6 is 0 Å². The standard InChI is InChI=1S/C18H36N2O2/c1-7-15-10-8-9-11-16(15)19-12-13-20(14(2)3)17(21)22-18(4,5)6/h14-16,19H,7-13H2,1-6H3. The molecule has 0 saturated heterocycles. The molecule has 0 spiro atoms. The second-order valence-electron chi connectivity index (χ2n) is 7.78. The Labute approximate surface area is 137 Å². The van der Waals surface area contributed by atoms with Crippen molar-refractivity contribution in [3.63, 3.8) is 0 Å². The van der Waals surface area contributed by atoms with Crippen molar-refractivity contribution in [1.29, 1.82) is 0 Å². The van der Waals surface area contributed by atoms with Gasteiger partial charge in [0.2, 0.25) is 0 Å². The van der Waals surface area contributed by atoms with Crippen LogP contribution in [0.5, 0.6) is 0 Å². The van der Waals surface area contributed by atoms with Crippen molar-refractivity contribution in [2.45, 2.75) is 91.3 Å². The zero-order chi connectivity index (χ0) is 16.8. The Hall–Kier alpha value is -0.770. The van der Waals surface area contributed by atoms with Crippen molar-refractivity contribution in [1.82, 2.24) is 10.2 Å². The lowest BCUT2D eigenvalue weighted by Gasteiger charge is -2.34. The maximum Gasteiger partial charge on any atom is 0.410 e. The number of carbonyl (C=O) groups is 1. The van der Waals surface area contributed by atoms with Crippen LogP contribution in [0.3, 0.4) is 0 Å². The van der Waals surface area contributed by atoms with E-state index in [9.17, 15) is 4.79 Å². The lowest BCUT2D eigenvalue weighted by molar-refractivity contribution is 0.0190. The fourth-order valence-electron chi connectivity index (χ4n) is 3.22. The number of nitrogens with one attached hydrogen (secondary N) is 1. The van der Waals surface area contributed by atoms with E-state index in [0.29, 0.717) is 12.6 Å². The minimum atomic E-state index is -0.436. The van der Waals surface area contributed by atoms with Crippen LogP contribution in [0.2, 0.25) is 0 Å². The van der Waals surface area contributed by atoms with Gasteiger partial charge in [-0.05, 0) is 53.4 Å². The molecule has 1 saturated carbocycles. The molecular formula is C18H36N2O2. The summed E-state index contributed by atoms with van der Waals surface area (Å²) in [5, 5.41) is 3.68. The van der Waals surface area contributed by atoms with Crippen molar-refractivity contribution < 1.29 is 9.53 Å². The summed E-state index contributed by atoms with van der Waals surface area (Å²) in [6.07, 6.45) is 6.35. The summed E-state index contributed by atoms with van der Waals surface area (Å²) in [4.78, 5) is 14.1. The Morgan fingerprint density at radius 1 is 1.27 bits per heavy atom. The summed E-state index contributed by atoms with van der Waals surface area (Å²) >= 11 is 0. The van der Waals surface area contributed by atoms with Gasteiger partial charge in [-0.3, -0.25) is 0 Å². The lowest BCUT2D eigenvalue weighted by atomic mass is 9.83. The normalized spacial score (nSPS) is 22.7. The Morgan fingerprint density at radius 2 is 1.91 bits per heavy atom. The monoisotopic (exact) mass is 312 g/mol. The largest absolute Gasteiger partial charge is 0.444 e. The third-order valence-corrected chi connectivity index (χ3v) is 4.44. The highest BCUT2D eigenvalue weighted by molar-refractivity contribution is 5.68. The Morgan fingerprint density at radius 3 is 2.45 bits per heavy atom. The average molecular weight is 312 g/mol. The van der Waals surface area contributed by atoms with Crippen molar-refractivity contribution in [3.8, 4) is 0 Å². The van der Waals surface area contributed by atoms with Crippen LogP contribution in [0.4, 0.5) is 4.79 Å². The summed E-state index contributed by atoms with van der Waals surface area (Å²) in [6, 6.07) is 0.774. The summed E-state index contributed by atoms with van der Waals surface area (Å²) in [7, 11) is 0. The highest BCUT2D eigenvalue weighted by atomic mass is 16.6. The van der Waals surface area contributed by atoms with E-state index in [4.69, 9.17) is 4.74 Å². The van der Waals surface area contributed by atoms with Crippen LogP contribution in [0.15, 0.2) is 0 Å². The third kappa shape index (κ3) is 6.55. The Bertz CT molecular complexity index is 336. The topological polar surface area (TPSA) is 41.6 Å². The first kappa shape index (κ1) is 19.3. The number of rotatable bonds is 6. The molecule has 0 aromatic rings. The Kier molecular flexibility index (Phi) is 7.67. The van der Waals surface area contributed by atoms with Gasteiger partial charge in [0, 0.05) is 25.2 Å². The van der Waals surface area contributed by atoms with E-state index >= 15 is 0 Å². The fraction of sp³-hybridized carbons (Fsp3) is 0.944. The molecule has 1 aliphatic rings. The van der Waals surface area contributed by atoms with Gasteiger partial charge in [-0.25, -0.2) is 4.79 Å². The first-order valence-electron chi connectivity index (χ1n) is 8.97. The smallest absolute Gasteiger partial charge is 0.410 e. The maximum absolute atomic E-state index is 12.3. The molecule has 22 heavy (non-hydrogen) atoms. The van der Waals surface area contributed by atoms with Crippen LogP contribution < -0.4 is 5.32 Å². The predicted octanol–water partition coefficient (Wildman–Crippen LogP) is 4.19. The Balaban J connectivity index is 2.45. The van der Waals surface area contributed by atoms with Gasteiger partial charge in [0.15, 0.2) is 0 Å². The van der Waals surface area contributed by atoms with Crippen molar-refractivity contribution in [2.75, 3.05) is 13.1 Å². The molecule has 0 radical (unpaired) electrons. The van der Waals surface area contributed by atoms with E-state index in [-0.39, 0.29) is 12.1 Å². The molecule has 2 atom stereocenters. The summed E-state index contributed by atoms with van der Waals surface area (Å²) in [5.41, 5.74) is -0.436. The highest BCUT2D eigenvalue weighted by Crippen LogP contribution is 2.26. The van der Waals surface area contributed by atoms with E-state index < -0.39 is 5.60 Å². The minimum absolute atomic E-state index is 0.157. The number of ether oxygens (including phenoxy) is 1. The third-order valence-electron chi connectivity index (χ3n) is 4.44. The number of hydrogen-bond acceptors (Lipinski definition) is 3. The van der Waals surface area contributed by atoms with Gasteiger partial charge in [-0.2, -0.15) is 0 Å². The van der Waals surface area contributed by atoms with Crippen molar-refractivity contribution in [2.24, 2.45) is 5.92 Å². The van der Waals surface area contributed by atoms with Crippen LogP contribution in [0.25, 0.3) is 0 Å². The molecule has 0 aromatic carbocycles. The van der Waals surface area contributed by atoms with Crippen LogP contribution in [-0.2, 0) is 4.74 Å². The molecular weight excluding hydrogens is 276 g/mol. The molecule has 1 rings (SSSR count). The van der Waals surface area contributed by atoms with Gasteiger partial charge in [0.05, 0.1) is 0 Å². The molecule has 1 aliphatic carbocycles. The van der Waals surface area contributed by atoms with E-state index in [0.717, 1.165) is 12.5 Å². The van der Waals surface area contributed by atoms with Crippen LogP contribution in [0, 0.1) is 5.92 Å². The van der Waals surface area contributed by atoms with E-state index in [1.165, 1.54) is 32.1 Å². The molecule has 4 nitrogen and oxygen atoms in total. The summed E-state index contributed by atoms with van der Waals surface area (Å²) in [6.45, 7) is 13.7. The van der Waals surface area contributed by atoms with E-state index in [2.05, 4.69) is 12.2 Å². The number of nitrogens with zero attached hydrogens (tertiary/aromatic N) is 1. The molecule has 0 aliphatic heterocycles. The first-order valence-corrected chi connectivity index (χ1v) is 8.97. The molecule has 1 fully saturated rings. The molecule has 0 bridgehead atoms. The van der Waals surface area contributed by atoms with Crippen LogP contribution in [0.1, 0.15) is 73.6 Å². The number of carbonyl (C=O) groups excluding carboxylic acids is 1. The predicted molar refractivity (Wildman–Crippen MR) is 92.1 cm³/mol. The molecule has 0 aromatic heterocycles. The van der Waals surface area contributed by atoms with Gasteiger partial charge in [0.1, 0.15) is 5.60 Å². The second kappa shape index (κ2) is 8.76. The zero-order valence-electron chi connectivity index (χ0n) is 15.4. The van der Waals surface area contributed by atoms with Crippen molar-refractivity contribution >= 4 is 6.09 Å². The number of hydrogen-bond donors (Lipinski definition) is 1. The molecule has 4 heteroatoms. The second-order valence-corrected chi connectivity index (χ2v) is 7.78. The molecule has 1 N–H and O–H groups in total. The number of amides is 1. The van der Waals surface area contributed by atoms with Crippen molar-refractivity contribution in [3.05, 3.63) is 0 Å². The fourth-order valence-corrected chi connectivity index (χ4v) is 3.22. The molecule has 2 unspecified atom stereocenters. The van der Waals surface area contributed by atoms with Gasteiger partial charge in [-0.15, -0.1) is 0 Å². The maximum atomic E-state index is 12.3. The first-order chi connectivity index (χ1) is 10.2. The van der Waals surface area contributed by atoms with Gasteiger partial charge >= 0.3 is 6.09 Å². The van der Waals surface area contributed by atoms with E-state index in [1.807, 2.05) is 39.5 Å². The molecule has 130 valence electrons. The summed E-state index contributed by atoms with van der Waals surface area (Å²) < 4.78 is 5.51. The molecule has 0 heterocycles. The average Bonchev–Trinajstić information content (AvgIpc) is 2.41. The van der Waals surface area contributed by atoms with Crippen LogP contribution in [-0.4, -0.2) is 41.8 Å². The van der Waals surface area contributed by atoms with Gasteiger partial charge in [-0.1, -0.05) is 26.2 Å². The lowest BCUT2D eigenvalue weighted by Crippen LogP contribution is -2.47. The zero-order valence-corrected chi connectivity index (χ0v) is 15.4.